The van der Waals surface area contributed by atoms with Crippen molar-refractivity contribution >= 4 is 0 Å². The van der Waals surface area contributed by atoms with Crippen molar-refractivity contribution < 1.29 is 0 Å². The van der Waals surface area contributed by atoms with E-state index in [2.05, 4.69) is 13.0 Å². The first-order valence-electron chi connectivity index (χ1n) is 4.93. The lowest BCUT2D eigenvalue weighted by Gasteiger charge is -2.29. The lowest BCUT2D eigenvalue weighted by atomic mass is 9.77. The number of nitrogens with two attached hydrogens (primary N) is 1. The van der Waals surface area contributed by atoms with Gasteiger partial charge in [-0.25, -0.2) is 0 Å². The van der Waals surface area contributed by atoms with Crippen molar-refractivity contribution in [3.05, 3.63) is 22.9 Å². The molecule has 1 unspecified atom stereocenters. The maximum absolute atomic E-state index is 5.83. The Morgan fingerprint density at radius 1 is 1.33 bits per heavy atom. The van der Waals surface area contributed by atoms with Gasteiger partial charge in [-0.1, -0.05) is 5.57 Å². The van der Waals surface area contributed by atoms with E-state index in [4.69, 9.17) is 5.73 Å². The zero-order chi connectivity index (χ0) is 8.55. The summed E-state index contributed by atoms with van der Waals surface area (Å²) in [4.78, 5) is 0. The van der Waals surface area contributed by atoms with Gasteiger partial charge in [0.2, 0.25) is 0 Å². The monoisotopic (exact) mass is 163 g/mol. The molecular formula is C11H17N. The Morgan fingerprint density at radius 3 is 3.00 bits per heavy atom. The second kappa shape index (κ2) is 2.96. The first-order valence-corrected chi connectivity index (χ1v) is 4.93. The average molecular weight is 163 g/mol. The number of hydrogen-bond donors (Lipinski definition) is 1. The fourth-order valence-corrected chi connectivity index (χ4v) is 2.42. The first-order chi connectivity index (χ1) is 5.77. The molecule has 0 amide bonds. The summed E-state index contributed by atoms with van der Waals surface area (Å²) >= 11 is 0. The molecule has 0 saturated carbocycles. The predicted octanol–water partition coefficient (Wildman–Crippen LogP) is 2.74. The van der Waals surface area contributed by atoms with Gasteiger partial charge < -0.3 is 5.73 Å². The summed E-state index contributed by atoms with van der Waals surface area (Å²) in [6, 6.07) is 0. The molecule has 0 aromatic heterocycles. The standard InChI is InChI=1S/C11H17N/c1-8-3-2-4-9-5-6-10(12)7-11(8)9/h7,9H,2-6,12H2,1H3. The minimum Gasteiger partial charge on any atom is -0.402 e. The summed E-state index contributed by atoms with van der Waals surface area (Å²) in [5.74, 6) is 0.839. The minimum absolute atomic E-state index is 0.839. The molecule has 2 rings (SSSR count). The van der Waals surface area contributed by atoms with E-state index in [1.807, 2.05) is 0 Å². The van der Waals surface area contributed by atoms with Crippen molar-refractivity contribution in [1.82, 2.24) is 0 Å². The number of rotatable bonds is 0. The Kier molecular flexibility index (Phi) is 1.95. The Morgan fingerprint density at radius 2 is 2.17 bits per heavy atom. The quantitative estimate of drug-likeness (QED) is 0.584. The van der Waals surface area contributed by atoms with Crippen LogP contribution in [0.1, 0.15) is 39.0 Å². The molecule has 0 aromatic carbocycles. The first kappa shape index (κ1) is 7.90. The maximum Gasteiger partial charge on any atom is 0.00835 e. The van der Waals surface area contributed by atoms with E-state index in [-0.39, 0.29) is 0 Å². The van der Waals surface area contributed by atoms with E-state index >= 15 is 0 Å². The molecule has 2 aliphatic carbocycles. The smallest absolute Gasteiger partial charge is 0.00835 e. The lowest BCUT2D eigenvalue weighted by Crippen LogP contribution is -2.17. The fraction of sp³-hybridized carbons (Fsp3) is 0.636. The van der Waals surface area contributed by atoms with Crippen LogP contribution in [-0.4, -0.2) is 0 Å². The summed E-state index contributed by atoms with van der Waals surface area (Å²) in [5.41, 5.74) is 10.1. The van der Waals surface area contributed by atoms with Crippen molar-refractivity contribution in [2.24, 2.45) is 11.7 Å². The summed E-state index contributed by atoms with van der Waals surface area (Å²) in [7, 11) is 0. The van der Waals surface area contributed by atoms with Crippen molar-refractivity contribution in [1.29, 1.82) is 0 Å². The highest BCUT2D eigenvalue weighted by atomic mass is 14.6. The third kappa shape index (κ3) is 1.28. The van der Waals surface area contributed by atoms with Crippen LogP contribution in [0.15, 0.2) is 22.9 Å². The molecule has 0 heterocycles. The highest BCUT2D eigenvalue weighted by molar-refractivity contribution is 5.33. The highest BCUT2D eigenvalue weighted by Crippen LogP contribution is 2.37. The van der Waals surface area contributed by atoms with Crippen LogP contribution in [0.4, 0.5) is 0 Å². The molecule has 1 nitrogen and oxygen atoms in total. The fourth-order valence-electron chi connectivity index (χ4n) is 2.42. The van der Waals surface area contributed by atoms with Gasteiger partial charge in [0.1, 0.15) is 0 Å². The SMILES string of the molecule is CC1=C2C=C(N)CCC2CCC1. The normalized spacial score (nSPS) is 29.8. The Balaban J connectivity index is 2.34. The Hall–Kier alpha value is -0.720. The average Bonchev–Trinajstić information content (AvgIpc) is 2.07. The summed E-state index contributed by atoms with van der Waals surface area (Å²) < 4.78 is 0. The predicted molar refractivity (Wildman–Crippen MR) is 51.5 cm³/mol. The minimum atomic E-state index is 0.839. The van der Waals surface area contributed by atoms with Gasteiger partial charge in [0.25, 0.3) is 0 Å². The Labute approximate surface area is 74.3 Å². The summed E-state index contributed by atoms with van der Waals surface area (Å²) in [6.07, 6.45) is 8.68. The molecule has 66 valence electrons. The number of hydrogen-bond acceptors (Lipinski definition) is 1. The van der Waals surface area contributed by atoms with Crippen LogP contribution < -0.4 is 5.73 Å². The molecule has 0 bridgehead atoms. The van der Waals surface area contributed by atoms with Crippen LogP contribution in [0.5, 0.6) is 0 Å². The zero-order valence-electron chi connectivity index (χ0n) is 7.77. The molecule has 1 atom stereocenters. The molecule has 1 heteroatoms. The number of fused-ring (bicyclic) bond motifs is 1. The van der Waals surface area contributed by atoms with E-state index < -0.39 is 0 Å². The van der Waals surface area contributed by atoms with Crippen LogP contribution in [-0.2, 0) is 0 Å². The topological polar surface area (TPSA) is 26.0 Å². The van der Waals surface area contributed by atoms with E-state index in [1.165, 1.54) is 25.7 Å². The molecule has 0 aliphatic heterocycles. The Bertz CT molecular complexity index is 248. The molecule has 2 aliphatic rings. The molecule has 2 N–H and O–H groups in total. The van der Waals surface area contributed by atoms with Crippen molar-refractivity contribution in [2.45, 2.75) is 39.0 Å². The van der Waals surface area contributed by atoms with Crippen molar-refractivity contribution in [2.75, 3.05) is 0 Å². The van der Waals surface area contributed by atoms with Gasteiger partial charge in [-0.3, -0.25) is 0 Å². The summed E-state index contributed by atoms with van der Waals surface area (Å²) in [6.45, 7) is 2.26. The van der Waals surface area contributed by atoms with Crippen LogP contribution in [0.3, 0.4) is 0 Å². The van der Waals surface area contributed by atoms with Gasteiger partial charge in [-0.2, -0.15) is 0 Å². The largest absolute Gasteiger partial charge is 0.402 e. The van der Waals surface area contributed by atoms with Gasteiger partial charge in [-0.15, -0.1) is 0 Å². The van der Waals surface area contributed by atoms with E-state index in [0.29, 0.717) is 0 Å². The molecule has 0 aromatic rings. The highest BCUT2D eigenvalue weighted by Gasteiger charge is 2.22. The maximum atomic E-state index is 5.83. The van der Waals surface area contributed by atoms with Crippen molar-refractivity contribution in [3.8, 4) is 0 Å². The zero-order valence-corrected chi connectivity index (χ0v) is 7.77. The third-order valence-corrected chi connectivity index (χ3v) is 3.16. The molecule has 0 saturated heterocycles. The molecule has 0 radical (unpaired) electrons. The molecule has 0 spiro atoms. The van der Waals surface area contributed by atoms with Crippen LogP contribution in [0, 0.1) is 5.92 Å². The van der Waals surface area contributed by atoms with Crippen LogP contribution in [0.2, 0.25) is 0 Å². The third-order valence-electron chi connectivity index (χ3n) is 3.16. The van der Waals surface area contributed by atoms with Gasteiger partial charge in [0.05, 0.1) is 0 Å². The lowest BCUT2D eigenvalue weighted by molar-refractivity contribution is 0.462. The number of allylic oxidation sites excluding steroid dienone is 4. The molecule has 0 fully saturated rings. The second-order valence-electron chi connectivity index (χ2n) is 4.08. The molecular weight excluding hydrogens is 146 g/mol. The van der Waals surface area contributed by atoms with E-state index in [0.717, 1.165) is 18.0 Å². The van der Waals surface area contributed by atoms with Gasteiger partial charge in [0, 0.05) is 5.70 Å². The van der Waals surface area contributed by atoms with Gasteiger partial charge >= 0.3 is 0 Å². The molecule has 12 heavy (non-hydrogen) atoms. The van der Waals surface area contributed by atoms with Gasteiger partial charge in [-0.05, 0) is 56.6 Å². The van der Waals surface area contributed by atoms with Gasteiger partial charge in [0.15, 0.2) is 0 Å². The van der Waals surface area contributed by atoms with Crippen LogP contribution >= 0.6 is 0 Å². The summed E-state index contributed by atoms with van der Waals surface area (Å²) in [5, 5.41) is 0. The second-order valence-corrected chi connectivity index (χ2v) is 4.08. The van der Waals surface area contributed by atoms with Crippen LogP contribution in [0.25, 0.3) is 0 Å². The van der Waals surface area contributed by atoms with Crippen molar-refractivity contribution in [3.63, 3.8) is 0 Å². The van der Waals surface area contributed by atoms with E-state index in [1.54, 1.807) is 11.1 Å². The van der Waals surface area contributed by atoms with E-state index in [9.17, 15) is 0 Å².